The molecule has 0 bridgehead atoms. The van der Waals surface area contributed by atoms with Gasteiger partial charge in [0.15, 0.2) is 5.96 Å². The summed E-state index contributed by atoms with van der Waals surface area (Å²) < 4.78 is 24.2. The molecule has 0 spiro atoms. The van der Waals surface area contributed by atoms with Crippen LogP contribution < -0.4 is 10.6 Å². The van der Waals surface area contributed by atoms with Crippen molar-refractivity contribution in [3.05, 3.63) is 59.8 Å². The molecular weight excluding hydrogens is 460 g/mol. The van der Waals surface area contributed by atoms with Gasteiger partial charge in [0.1, 0.15) is 11.6 Å². The van der Waals surface area contributed by atoms with Gasteiger partial charge in [0.25, 0.3) is 0 Å². The molecule has 1 saturated heterocycles. The minimum Gasteiger partial charge on any atom is -0.469 e. The molecule has 5 nitrogen and oxygen atoms in total. The molecule has 2 aromatic rings. The predicted molar refractivity (Wildman–Crippen MR) is 115 cm³/mol. The monoisotopic (exact) mass is 487 g/mol. The van der Waals surface area contributed by atoms with Crippen LogP contribution in [0.25, 0.3) is 0 Å². The summed E-state index contributed by atoms with van der Waals surface area (Å²) in [4.78, 5) is 4.61. The number of nitrogens with zero attached hydrogens (tertiary/aromatic N) is 1. The third-order valence-corrected chi connectivity index (χ3v) is 4.35. The van der Waals surface area contributed by atoms with Gasteiger partial charge in [-0.2, -0.15) is 0 Å². The van der Waals surface area contributed by atoms with E-state index >= 15 is 0 Å². The first-order valence-electron chi connectivity index (χ1n) is 9.20. The van der Waals surface area contributed by atoms with E-state index in [9.17, 15) is 4.39 Å². The number of aliphatic imine (C=N–C) groups is 1. The summed E-state index contributed by atoms with van der Waals surface area (Å²) in [5.41, 5.74) is 0.965. The van der Waals surface area contributed by atoms with Gasteiger partial charge in [0.05, 0.1) is 18.9 Å². The van der Waals surface area contributed by atoms with E-state index in [0.717, 1.165) is 49.7 Å². The van der Waals surface area contributed by atoms with E-state index in [2.05, 4.69) is 15.6 Å². The summed E-state index contributed by atoms with van der Waals surface area (Å²) >= 11 is 0. The lowest BCUT2D eigenvalue weighted by Gasteiger charge is -2.23. The van der Waals surface area contributed by atoms with E-state index < -0.39 is 0 Å². The van der Waals surface area contributed by atoms with Crippen molar-refractivity contribution in [2.75, 3.05) is 19.7 Å². The van der Waals surface area contributed by atoms with E-state index in [1.165, 1.54) is 18.6 Å². The van der Waals surface area contributed by atoms with E-state index in [4.69, 9.17) is 9.15 Å². The molecule has 0 saturated carbocycles. The van der Waals surface area contributed by atoms with E-state index in [-0.39, 0.29) is 35.9 Å². The molecule has 1 aromatic heterocycles. The Morgan fingerprint density at radius 2 is 2.00 bits per heavy atom. The maximum Gasteiger partial charge on any atom is 0.191 e. The molecule has 1 fully saturated rings. The van der Waals surface area contributed by atoms with Crippen molar-refractivity contribution in [3.63, 3.8) is 0 Å². The Morgan fingerprint density at radius 3 is 2.70 bits per heavy atom. The van der Waals surface area contributed by atoms with E-state index in [0.29, 0.717) is 13.1 Å². The van der Waals surface area contributed by atoms with Crippen LogP contribution in [0.15, 0.2) is 52.1 Å². The maximum atomic E-state index is 13.0. The van der Waals surface area contributed by atoms with Crippen LogP contribution in [0.2, 0.25) is 0 Å². The number of furan rings is 1. The van der Waals surface area contributed by atoms with Crippen molar-refractivity contribution in [2.24, 2.45) is 4.99 Å². The second-order valence-electron chi connectivity index (χ2n) is 6.42. The van der Waals surface area contributed by atoms with Crippen LogP contribution in [-0.4, -0.2) is 31.8 Å². The Morgan fingerprint density at radius 1 is 1.15 bits per heavy atom. The van der Waals surface area contributed by atoms with Gasteiger partial charge < -0.3 is 19.8 Å². The largest absolute Gasteiger partial charge is 0.469 e. The Bertz CT molecular complexity index is 671. The van der Waals surface area contributed by atoms with Gasteiger partial charge in [-0.15, -0.1) is 24.0 Å². The van der Waals surface area contributed by atoms with Crippen molar-refractivity contribution in [3.8, 4) is 0 Å². The molecule has 1 aromatic carbocycles. The third-order valence-electron chi connectivity index (χ3n) is 4.35. The summed E-state index contributed by atoms with van der Waals surface area (Å²) in [6.07, 6.45) is 6.11. The van der Waals surface area contributed by atoms with Gasteiger partial charge in [-0.1, -0.05) is 12.1 Å². The molecule has 148 valence electrons. The third kappa shape index (κ3) is 7.88. The topological polar surface area (TPSA) is 58.8 Å². The van der Waals surface area contributed by atoms with Crippen molar-refractivity contribution in [1.29, 1.82) is 0 Å². The summed E-state index contributed by atoms with van der Waals surface area (Å²) in [6.45, 7) is 2.77. The summed E-state index contributed by atoms with van der Waals surface area (Å²) in [7, 11) is 0. The van der Waals surface area contributed by atoms with Gasteiger partial charge in [0.2, 0.25) is 0 Å². The number of benzene rings is 1. The number of nitrogens with one attached hydrogen (secondary N) is 2. The maximum absolute atomic E-state index is 13.0. The highest BCUT2D eigenvalue weighted by Crippen LogP contribution is 2.11. The van der Waals surface area contributed by atoms with Crippen molar-refractivity contribution < 1.29 is 13.5 Å². The number of ether oxygens (including phenoxy) is 1. The summed E-state index contributed by atoms with van der Waals surface area (Å²) in [5.74, 6) is 1.43. The minimum atomic E-state index is -0.234. The Kier molecular flexibility index (Phi) is 9.61. The lowest BCUT2D eigenvalue weighted by atomic mass is 10.1. The number of hydrogen-bond acceptors (Lipinski definition) is 3. The highest BCUT2D eigenvalue weighted by Gasteiger charge is 2.14. The fourth-order valence-electron chi connectivity index (χ4n) is 2.87. The average molecular weight is 487 g/mol. The number of halogens is 2. The molecule has 0 radical (unpaired) electrons. The second-order valence-corrected chi connectivity index (χ2v) is 6.42. The zero-order chi connectivity index (χ0) is 18.0. The van der Waals surface area contributed by atoms with Crippen molar-refractivity contribution in [2.45, 2.75) is 38.3 Å². The summed E-state index contributed by atoms with van der Waals surface area (Å²) in [6, 6.07) is 10.3. The average Bonchev–Trinajstić information content (AvgIpc) is 3.19. The van der Waals surface area contributed by atoms with Crippen molar-refractivity contribution >= 4 is 29.9 Å². The van der Waals surface area contributed by atoms with E-state index in [1.54, 1.807) is 18.4 Å². The highest BCUT2D eigenvalue weighted by atomic mass is 127. The molecule has 1 aliphatic rings. The molecule has 0 aliphatic carbocycles. The molecule has 1 aliphatic heterocycles. The number of rotatable bonds is 7. The predicted octanol–water partition coefficient (Wildman–Crippen LogP) is 3.88. The van der Waals surface area contributed by atoms with Crippen LogP contribution in [-0.2, 0) is 17.7 Å². The molecule has 1 unspecified atom stereocenters. The second kappa shape index (κ2) is 12.0. The zero-order valence-corrected chi connectivity index (χ0v) is 17.7. The van der Waals surface area contributed by atoms with Crippen LogP contribution in [0.5, 0.6) is 0 Å². The summed E-state index contributed by atoms with van der Waals surface area (Å²) in [5, 5.41) is 6.69. The quantitative estimate of drug-likeness (QED) is 0.354. The van der Waals surface area contributed by atoms with Gasteiger partial charge in [0, 0.05) is 26.1 Å². The fraction of sp³-hybridized carbons (Fsp3) is 0.450. The SMILES string of the molecule is Fc1ccc(CN=C(NCCc2ccco2)NCC2CCCCO2)cc1.I. The lowest BCUT2D eigenvalue weighted by molar-refractivity contribution is 0.0194. The molecule has 1 atom stereocenters. The molecule has 27 heavy (non-hydrogen) atoms. The van der Waals surface area contributed by atoms with Crippen LogP contribution in [0, 0.1) is 5.82 Å². The van der Waals surface area contributed by atoms with E-state index in [1.807, 2.05) is 12.1 Å². The molecule has 7 heteroatoms. The molecule has 2 N–H and O–H groups in total. The fourth-order valence-corrected chi connectivity index (χ4v) is 2.87. The van der Waals surface area contributed by atoms with Gasteiger partial charge in [-0.25, -0.2) is 9.38 Å². The first-order chi connectivity index (χ1) is 12.8. The first-order valence-corrected chi connectivity index (χ1v) is 9.20. The Labute approximate surface area is 176 Å². The zero-order valence-electron chi connectivity index (χ0n) is 15.3. The number of guanidine groups is 1. The van der Waals surface area contributed by atoms with Crippen LogP contribution in [0.4, 0.5) is 4.39 Å². The van der Waals surface area contributed by atoms with Crippen LogP contribution >= 0.6 is 24.0 Å². The lowest BCUT2D eigenvalue weighted by Crippen LogP contribution is -2.43. The normalized spacial score (nSPS) is 17.2. The molecular formula is C20H27FIN3O2. The molecule has 0 amide bonds. The molecule has 2 heterocycles. The van der Waals surface area contributed by atoms with Gasteiger partial charge >= 0.3 is 0 Å². The van der Waals surface area contributed by atoms with Crippen molar-refractivity contribution in [1.82, 2.24) is 10.6 Å². The minimum absolute atomic E-state index is 0. The standard InChI is InChI=1S/C20H26FN3O2.HI/c21-17-8-6-16(7-9-17)14-23-20(22-11-10-18-5-3-13-25-18)24-15-19-4-1-2-12-26-19;/h3,5-9,13,19H,1-2,4,10-12,14-15H2,(H2,22,23,24);1H. The highest BCUT2D eigenvalue weighted by molar-refractivity contribution is 14.0. The molecule has 3 rings (SSSR count). The Balaban J connectivity index is 0.00000261. The van der Waals surface area contributed by atoms with Crippen LogP contribution in [0.3, 0.4) is 0 Å². The smallest absolute Gasteiger partial charge is 0.191 e. The number of hydrogen-bond donors (Lipinski definition) is 2. The first kappa shape index (κ1) is 21.7. The van der Waals surface area contributed by atoms with Gasteiger partial charge in [-0.05, 0) is 49.1 Å². The Hall–Kier alpha value is -1.61. The van der Waals surface area contributed by atoms with Crippen LogP contribution in [0.1, 0.15) is 30.6 Å². The van der Waals surface area contributed by atoms with Gasteiger partial charge in [-0.3, -0.25) is 0 Å².